The molecule has 1 heterocycles. The molecule has 0 spiro atoms. The summed E-state index contributed by atoms with van der Waals surface area (Å²) >= 11 is 0. The van der Waals surface area contributed by atoms with E-state index in [2.05, 4.69) is 39.8 Å². The van der Waals surface area contributed by atoms with Crippen LogP contribution in [-0.4, -0.2) is 25.4 Å². The van der Waals surface area contributed by atoms with E-state index in [4.69, 9.17) is 14.0 Å². The zero-order valence-corrected chi connectivity index (χ0v) is 13.0. The van der Waals surface area contributed by atoms with E-state index in [0.717, 1.165) is 12.2 Å². The molecule has 2 aliphatic rings. The van der Waals surface area contributed by atoms with Crippen molar-refractivity contribution < 1.29 is 14.0 Å². The predicted octanol–water partition coefficient (Wildman–Crippen LogP) is 3.64. The fraction of sp³-hybridized carbons (Fsp3) is 0.625. The van der Waals surface area contributed by atoms with Gasteiger partial charge in [-0.25, -0.2) is 0 Å². The third-order valence-electron chi connectivity index (χ3n) is 4.98. The highest BCUT2D eigenvalue weighted by atomic mass is 16.7. The van der Waals surface area contributed by atoms with Gasteiger partial charge in [0.25, 0.3) is 0 Å². The van der Waals surface area contributed by atoms with Crippen LogP contribution < -0.4 is 4.74 Å². The van der Waals surface area contributed by atoms with Gasteiger partial charge >= 0.3 is 7.12 Å². The Bertz CT molecular complexity index is 496. The molecule has 0 unspecified atom stereocenters. The van der Waals surface area contributed by atoms with E-state index >= 15 is 0 Å². The summed E-state index contributed by atoms with van der Waals surface area (Å²) < 4.78 is 17.6. The van der Waals surface area contributed by atoms with Gasteiger partial charge in [-0.3, -0.25) is 0 Å². The average Bonchev–Trinajstić information content (AvgIpc) is 3.13. The van der Waals surface area contributed by atoms with Crippen LogP contribution in [0, 0.1) is 0 Å². The Morgan fingerprint density at radius 1 is 1.15 bits per heavy atom. The van der Waals surface area contributed by atoms with E-state index in [1.54, 1.807) is 7.11 Å². The third kappa shape index (κ3) is 2.25. The first-order valence-electron chi connectivity index (χ1n) is 7.34. The zero-order chi connectivity index (χ0) is 14.5. The molecule has 4 heteroatoms. The van der Waals surface area contributed by atoms with E-state index in [1.807, 2.05) is 12.1 Å². The summed E-state index contributed by atoms with van der Waals surface area (Å²) in [4.78, 5) is 0. The van der Waals surface area contributed by atoms with E-state index < -0.39 is 0 Å². The standard InChI is InChI=1S/C16H23BO3/c1-15(2)16(3,4)20-17(19-15)14-10-13(14)11-7-6-8-12(9-11)18-5/h6-9,13-14H,10H2,1-5H3/t13-,14+/m0/s1. The smallest absolute Gasteiger partial charge is 0.461 e. The molecule has 1 saturated carbocycles. The molecule has 0 amide bonds. The van der Waals surface area contributed by atoms with Gasteiger partial charge in [0.05, 0.1) is 18.3 Å². The Kier molecular flexibility index (Phi) is 3.14. The highest BCUT2D eigenvalue weighted by Crippen LogP contribution is 2.58. The minimum Gasteiger partial charge on any atom is -0.497 e. The van der Waals surface area contributed by atoms with Gasteiger partial charge < -0.3 is 14.0 Å². The molecular weight excluding hydrogens is 251 g/mol. The molecule has 3 rings (SSSR count). The van der Waals surface area contributed by atoms with E-state index in [0.29, 0.717) is 11.7 Å². The molecule has 2 atom stereocenters. The molecule has 20 heavy (non-hydrogen) atoms. The van der Waals surface area contributed by atoms with Crippen molar-refractivity contribution in [2.24, 2.45) is 0 Å². The van der Waals surface area contributed by atoms with Gasteiger partial charge in [-0.2, -0.15) is 0 Å². The number of hydrogen-bond acceptors (Lipinski definition) is 3. The molecular formula is C16H23BO3. The Labute approximate surface area is 121 Å². The molecule has 0 radical (unpaired) electrons. The van der Waals surface area contributed by atoms with Gasteiger partial charge in [-0.05, 0) is 57.7 Å². The lowest BCUT2D eigenvalue weighted by atomic mass is 9.79. The third-order valence-corrected chi connectivity index (χ3v) is 4.98. The molecule has 3 nitrogen and oxygen atoms in total. The van der Waals surface area contributed by atoms with Crippen molar-refractivity contribution in [1.82, 2.24) is 0 Å². The van der Waals surface area contributed by atoms with Crippen molar-refractivity contribution in [3.63, 3.8) is 0 Å². The molecule has 0 aromatic heterocycles. The van der Waals surface area contributed by atoms with Crippen LogP contribution in [0.3, 0.4) is 0 Å². The summed E-state index contributed by atoms with van der Waals surface area (Å²) in [6.07, 6.45) is 1.13. The average molecular weight is 274 g/mol. The fourth-order valence-electron chi connectivity index (χ4n) is 2.83. The van der Waals surface area contributed by atoms with Gasteiger partial charge in [0.1, 0.15) is 5.75 Å². The van der Waals surface area contributed by atoms with Crippen molar-refractivity contribution in [2.45, 2.75) is 57.1 Å². The Morgan fingerprint density at radius 2 is 1.80 bits per heavy atom. The monoisotopic (exact) mass is 274 g/mol. The zero-order valence-electron chi connectivity index (χ0n) is 13.0. The molecule has 1 aliphatic heterocycles. The molecule has 0 bridgehead atoms. The van der Waals surface area contributed by atoms with E-state index in [-0.39, 0.29) is 18.3 Å². The summed E-state index contributed by atoms with van der Waals surface area (Å²) in [5.74, 6) is 1.91. The number of rotatable bonds is 3. The number of hydrogen-bond donors (Lipinski definition) is 0. The minimum atomic E-state index is -0.237. The van der Waals surface area contributed by atoms with Crippen molar-refractivity contribution >= 4 is 7.12 Å². The number of benzene rings is 1. The van der Waals surface area contributed by atoms with E-state index in [1.165, 1.54) is 5.56 Å². The molecule has 1 saturated heterocycles. The summed E-state index contributed by atoms with van der Waals surface area (Å²) in [5.41, 5.74) is 0.849. The largest absolute Gasteiger partial charge is 0.497 e. The van der Waals surface area contributed by atoms with E-state index in [9.17, 15) is 0 Å². The fourth-order valence-corrected chi connectivity index (χ4v) is 2.83. The van der Waals surface area contributed by atoms with Gasteiger partial charge in [0.2, 0.25) is 0 Å². The molecule has 1 aromatic carbocycles. The van der Waals surface area contributed by atoms with Crippen LogP contribution in [0.2, 0.25) is 5.82 Å². The second-order valence-electron chi connectivity index (χ2n) is 6.91. The molecule has 1 aliphatic carbocycles. The van der Waals surface area contributed by atoms with Crippen molar-refractivity contribution in [1.29, 1.82) is 0 Å². The van der Waals surface area contributed by atoms with Crippen LogP contribution in [0.5, 0.6) is 5.75 Å². The number of ether oxygens (including phenoxy) is 1. The predicted molar refractivity (Wildman–Crippen MR) is 80.2 cm³/mol. The maximum Gasteiger partial charge on any atom is 0.461 e. The van der Waals surface area contributed by atoms with Gasteiger partial charge in [0, 0.05) is 5.82 Å². The number of methoxy groups -OCH3 is 1. The lowest BCUT2D eigenvalue weighted by Crippen LogP contribution is -2.41. The first-order valence-corrected chi connectivity index (χ1v) is 7.34. The second-order valence-corrected chi connectivity index (χ2v) is 6.91. The van der Waals surface area contributed by atoms with Gasteiger partial charge in [-0.1, -0.05) is 12.1 Å². The summed E-state index contributed by atoms with van der Waals surface area (Å²) in [7, 11) is 1.62. The van der Waals surface area contributed by atoms with Crippen LogP contribution in [-0.2, 0) is 9.31 Å². The van der Waals surface area contributed by atoms with Crippen molar-refractivity contribution in [3.8, 4) is 5.75 Å². The Morgan fingerprint density at radius 3 is 2.40 bits per heavy atom. The summed E-state index contributed by atoms with van der Waals surface area (Å²) in [6.45, 7) is 8.43. The lowest BCUT2D eigenvalue weighted by Gasteiger charge is -2.32. The topological polar surface area (TPSA) is 27.7 Å². The van der Waals surface area contributed by atoms with Gasteiger partial charge in [-0.15, -0.1) is 0 Å². The van der Waals surface area contributed by atoms with Crippen LogP contribution in [0.1, 0.15) is 45.6 Å². The van der Waals surface area contributed by atoms with Crippen molar-refractivity contribution in [2.75, 3.05) is 7.11 Å². The molecule has 108 valence electrons. The SMILES string of the molecule is COc1cccc([C@@H]2C[C@H]2B2OC(C)(C)C(C)(C)O2)c1. The quantitative estimate of drug-likeness (QED) is 0.787. The minimum absolute atomic E-state index is 0.0869. The molecule has 0 N–H and O–H groups in total. The maximum atomic E-state index is 6.14. The maximum absolute atomic E-state index is 6.14. The van der Waals surface area contributed by atoms with Crippen LogP contribution in [0.25, 0.3) is 0 Å². The lowest BCUT2D eigenvalue weighted by molar-refractivity contribution is 0.00578. The highest BCUT2D eigenvalue weighted by molar-refractivity contribution is 6.49. The summed E-state index contributed by atoms with van der Waals surface area (Å²) in [5, 5.41) is 0. The highest BCUT2D eigenvalue weighted by Gasteiger charge is 2.59. The Balaban J connectivity index is 1.71. The van der Waals surface area contributed by atoms with Crippen LogP contribution in [0.4, 0.5) is 0 Å². The van der Waals surface area contributed by atoms with Crippen LogP contribution >= 0.6 is 0 Å². The second kappa shape index (κ2) is 4.50. The molecule has 1 aromatic rings. The Hall–Kier alpha value is -0.995. The summed E-state index contributed by atoms with van der Waals surface area (Å²) in [6, 6.07) is 8.32. The molecule has 2 fully saturated rings. The normalized spacial score (nSPS) is 30.4. The first kappa shape index (κ1) is 14.0. The van der Waals surface area contributed by atoms with Crippen LogP contribution in [0.15, 0.2) is 24.3 Å². The van der Waals surface area contributed by atoms with Crippen molar-refractivity contribution in [3.05, 3.63) is 29.8 Å². The van der Waals surface area contributed by atoms with Gasteiger partial charge in [0.15, 0.2) is 0 Å². The first-order chi connectivity index (χ1) is 9.34.